The Balaban J connectivity index is 3.37. The third-order valence-corrected chi connectivity index (χ3v) is 1.82. The molecule has 0 bridgehead atoms. The zero-order valence-corrected chi connectivity index (χ0v) is 9.16. The highest BCUT2D eigenvalue weighted by Crippen LogP contribution is 2.33. The summed E-state index contributed by atoms with van der Waals surface area (Å²) in [5, 5.41) is 9.14. The Hall–Kier alpha value is -2.13. The number of methoxy groups -OCH3 is 1. The van der Waals surface area contributed by atoms with Gasteiger partial charge in [-0.25, -0.2) is 18.6 Å². The van der Waals surface area contributed by atoms with Gasteiger partial charge < -0.3 is 14.6 Å². The van der Waals surface area contributed by atoms with Gasteiger partial charge in [-0.3, -0.25) is 0 Å². The smallest absolute Gasteiger partial charge is 0.506 e. The number of alkyl halides is 5. The molecule has 0 saturated heterocycles. The molecule has 0 aromatic carbocycles. The zero-order valence-electron chi connectivity index (χ0n) is 9.16. The second kappa shape index (κ2) is 5.24. The minimum absolute atomic E-state index is 0.362. The van der Waals surface area contributed by atoms with Crippen molar-refractivity contribution in [2.45, 2.75) is 12.8 Å². The number of ether oxygens (including phenoxy) is 2. The summed E-state index contributed by atoms with van der Waals surface area (Å²) in [6.45, 7) is 0. The number of carbonyl (C=O) groups is 1. The van der Waals surface area contributed by atoms with Gasteiger partial charge in [0.05, 0.1) is 7.11 Å². The molecule has 106 valence electrons. The van der Waals surface area contributed by atoms with Crippen molar-refractivity contribution >= 4 is 5.97 Å². The van der Waals surface area contributed by atoms with Gasteiger partial charge in [0, 0.05) is 6.07 Å². The Bertz CT molecular complexity index is 488. The number of aromatic hydroxyl groups is 1. The van der Waals surface area contributed by atoms with Gasteiger partial charge in [0.15, 0.2) is 5.69 Å². The topological polar surface area (TPSA) is 68.7 Å². The van der Waals surface area contributed by atoms with Crippen LogP contribution < -0.4 is 4.74 Å². The number of rotatable bonds is 3. The standard InChI is InChI=1S/C9H6F5NO4/c1-18-8(17)3-2-4(16)5(6(10)11)15-7(3)19-9(12,13)14/h2,6,16H,1H3. The molecule has 1 N–H and O–H groups in total. The first-order valence-corrected chi connectivity index (χ1v) is 4.51. The van der Waals surface area contributed by atoms with E-state index in [4.69, 9.17) is 5.11 Å². The number of nitrogens with zero attached hydrogens (tertiary/aromatic N) is 1. The van der Waals surface area contributed by atoms with Gasteiger partial charge in [-0.1, -0.05) is 0 Å². The summed E-state index contributed by atoms with van der Waals surface area (Å²) in [7, 11) is 0.845. The van der Waals surface area contributed by atoms with Crippen molar-refractivity contribution in [2.24, 2.45) is 0 Å². The molecule has 0 aliphatic rings. The Labute approximate surface area is 102 Å². The van der Waals surface area contributed by atoms with Crippen LogP contribution in [0.1, 0.15) is 22.5 Å². The van der Waals surface area contributed by atoms with Crippen LogP contribution in [0.2, 0.25) is 0 Å². The van der Waals surface area contributed by atoms with E-state index in [1.54, 1.807) is 0 Å². The van der Waals surface area contributed by atoms with Crippen LogP contribution in [0.3, 0.4) is 0 Å². The number of hydrogen-bond donors (Lipinski definition) is 1. The van der Waals surface area contributed by atoms with Crippen LogP contribution in [-0.4, -0.2) is 29.5 Å². The second-order valence-electron chi connectivity index (χ2n) is 3.09. The molecule has 0 aliphatic heterocycles. The van der Waals surface area contributed by atoms with E-state index in [2.05, 4.69) is 14.5 Å². The average Bonchev–Trinajstić information content (AvgIpc) is 2.27. The molecule has 1 aromatic heterocycles. The van der Waals surface area contributed by atoms with Crippen molar-refractivity contribution in [1.82, 2.24) is 4.98 Å². The summed E-state index contributed by atoms with van der Waals surface area (Å²) < 4.78 is 68.4. The van der Waals surface area contributed by atoms with E-state index in [9.17, 15) is 26.7 Å². The van der Waals surface area contributed by atoms with Gasteiger partial charge in [0.1, 0.15) is 11.3 Å². The van der Waals surface area contributed by atoms with Crippen LogP contribution in [0, 0.1) is 0 Å². The van der Waals surface area contributed by atoms with Crippen LogP contribution in [-0.2, 0) is 4.74 Å². The quantitative estimate of drug-likeness (QED) is 0.683. The molecule has 1 aromatic rings. The highest BCUT2D eigenvalue weighted by atomic mass is 19.4. The molecule has 19 heavy (non-hydrogen) atoms. The first kappa shape index (κ1) is 14.9. The lowest BCUT2D eigenvalue weighted by atomic mass is 10.2. The second-order valence-corrected chi connectivity index (χ2v) is 3.09. The SMILES string of the molecule is COC(=O)c1cc(O)c(C(F)F)nc1OC(F)(F)F. The molecule has 5 nitrogen and oxygen atoms in total. The largest absolute Gasteiger partial charge is 0.574 e. The highest BCUT2D eigenvalue weighted by molar-refractivity contribution is 5.92. The van der Waals surface area contributed by atoms with Crippen molar-refractivity contribution in [3.8, 4) is 11.6 Å². The first-order chi connectivity index (χ1) is 8.65. The molecular formula is C9H6F5NO4. The number of aromatic nitrogens is 1. The van der Waals surface area contributed by atoms with Crippen molar-refractivity contribution < 1.29 is 41.3 Å². The Morgan fingerprint density at radius 3 is 2.42 bits per heavy atom. The van der Waals surface area contributed by atoms with Gasteiger partial charge in [-0.15, -0.1) is 13.2 Å². The minimum atomic E-state index is -5.24. The van der Waals surface area contributed by atoms with Crippen LogP contribution >= 0.6 is 0 Å². The maximum Gasteiger partial charge on any atom is 0.574 e. The maximum absolute atomic E-state index is 12.4. The fourth-order valence-corrected chi connectivity index (χ4v) is 1.10. The number of hydrogen-bond acceptors (Lipinski definition) is 5. The highest BCUT2D eigenvalue weighted by Gasteiger charge is 2.35. The van der Waals surface area contributed by atoms with E-state index in [0.717, 1.165) is 7.11 Å². The van der Waals surface area contributed by atoms with Crippen LogP contribution in [0.15, 0.2) is 6.07 Å². The monoisotopic (exact) mass is 287 g/mol. The fraction of sp³-hybridized carbons (Fsp3) is 0.333. The summed E-state index contributed by atoms with van der Waals surface area (Å²) in [5.41, 5.74) is -2.27. The molecule has 1 heterocycles. The van der Waals surface area contributed by atoms with Crippen molar-refractivity contribution in [2.75, 3.05) is 7.11 Å². The van der Waals surface area contributed by atoms with E-state index in [1.807, 2.05) is 0 Å². The predicted molar refractivity (Wildman–Crippen MR) is 48.9 cm³/mol. The minimum Gasteiger partial charge on any atom is -0.506 e. The van der Waals surface area contributed by atoms with Gasteiger partial charge in [-0.05, 0) is 0 Å². The van der Waals surface area contributed by atoms with Crippen molar-refractivity contribution in [1.29, 1.82) is 0 Å². The molecule has 0 atom stereocenters. The molecule has 0 aliphatic carbocycles. The number of pyridine rings is 1. The number of carbonyl (C=O) groups excluding carboxylic acids is 1. The van der Waals surface area contributed by atoms with E-state index < -0.39 is 41.6 Å². The third-order valence-electron chi connectivity index (χ3n) is 1.82. The normalized spacial score (nSPS) is 11.5. The molecule has 0 unspecified atom stereocenters. The molecular weight excluding hydrogens is 281 g/mol. The van der Waals surface area contributed by atoms with Crippen LogP contribution in [0.25, 0.3) is 0 Å². The molecule has 0 radical (unpaired) electrons. The zero-order chi connectivity index (χ0) is 14.8. The Kier molecular flexibility index (Phi) is 4.12. The summed E-state index contributed by atoms with van der Waals surface area (Å²) in [5.74, 6) is -3.90. The molecule has 0 spiro atoms. The Morgan fingerprint density at radius 2 is 2.00 bits per heavy atom. The summed E-state index contributed by atoms with van der Waals surface area (Å²) in [6.07, 6.45) is -8.59. The van der Waals surface area contributed by atoms with Gasteiger partial charge in [0.2, 0.25) is 5.88 Å². The fourth-order valence-electron chi connectivity index (χ4n) is 1.10. The first-order valence-electron chi connectivity index (χ1n) is 4.51. The van der Waals surface area contributed by atoms with Crippen molar-refractivity contribution in [3.63, 3.8) is 0 Å². The molecule has 0 fully saturated rings. The molecule has 1 rings (SSSR count). The van der Waals surface area contributed by atoms with Gasteiger partial charge >= 0.3 is 12.3 Å². The van der Waals surface area contributed by atoms with Gasteiger partial charge in [-0.2, -0.15) is 0 Å². The number of esters is 1. The maximum atomic E-state index is 12.4. The molecule has 0 amide bonds. The third kappa shape index (κ3) is 3.66. The summed E-state index contributed by atoms with van der Waals surface area (Å²) in [4.78, 5) is 13.9. The van der Waals surface area contributed by atoms with E-state index in [-0.39, 0.29) is 0 Å². The lowest BCUT2D eigenvalue weighted by molar-refractivity contribution is -0.276. The van der Waals surface area contributed by atoms with E-state index in [0.29, 0.717) is 6.07 Å². The van der Waals surface area contributed by atoms with Crippen LogP contribution in [0.4, 0.5) is 22.0 Å². The van der Waals surface area contributed by atoms with E-state index in [1.165, 1.54) is 0 Å². The molecule has 10 heteroatoms. The molecule has 0 saturated carbocycles. The number of halogens is 5. The lowest BCUT2D eigenvalue weighted by Gasteiger charge is -2.13. The van der Waals surface area contributed by atoms with Gasteiger partial charge in [0.25, 0.3) is 6.43 Å². The van der Waals surface area contributed by atoms with Crippen LogP contribution in [0.5, 0.6) is 11.6 Å². The average molecular weight is 287 g/mol. The predicted octanol–water partition coefficient (Wildman–Crippen LogP) is 2.41. The Morgan fingerprint density at radius 1 is 1.42 bits per heavy atom. The summed E-state index contributed by atoms with van der Waals surface area (Å²) >= 11 is 0. The van der Waals surface area contributed by atoms with Crippen molar-refractivity contribution in [3.05, 3.63) is 17.3 Å². The summed E-state index contributed by atoms with van der Waals surface area (Å²) in [6, 6.07) is 0.362. The van der Waals surface area contributed by atoms with E-state index >= 15 is 0 Å². The lowest BCUT2D eigenvalue weighted by Crippen LogP contribution is -2.21.